The summed E-state index contributed by atoms with van der Waals surface area (Å²) in [5.74, 6) is 1.61. The summed E-state index contributed by atoms with van der Waals surface area (Å²) in [4.78, 5) is 12.1. The number of ether oxygens (including phenoxy) is 3. The molecule has 0 heterocycles. The first kappa shape index (κ1) is 24.8. The van der Waals surface area contributed by atoms with Crippen molar-refractivity contribution in [3.8, 4) is 28.4 Å². The molecule has 1 N–H and O–H groups in total. The van der Waals surface area contributed by atoms with Gasteiger partial charge in [0.1, 0.15) is 5.75 Å². The van der Waals surface area contributed by atoms with Crippen LogP contribution in [0.1, 0.15) is 38.2 Å². The Hall–Kier alpha value is -3.80. The minimum atomic E-state index is -0.345. The molecule has 0 radical (unpaired) electrons. The number of benzene rings is 3. The lowest BCUT2D eigenvalue weighted by molar-refractivity contribution is -0.123. The number of hydrazone groups is 1. The Morgan fingerprint density at radius 3 is 2.38 bits per heavy atom. The highest BCUT2D eigenvalue weighted by Gasteiger charge is 2.06. The highest BCUT2D eigenvalue weighted by atomic mass is 16.5. The maximum absolute atomic E-state index is 12.1. The van der Waals surface area contributed by atoms with Crippen LogP contribution in [0.2, 0.25) is 0 Å². The molecule has 0 bridgehead atoms. The van der Waals surface area contributed by atoms with Gasteiger partial charge in [0.15, 0.2) is 18.1 Å². The van der Waals surface area contributed by atoms with Crippen LogP contribution < -0.4 is 19.6 Å². The number of nitrogens with zero attached hydrogens (tertiary/aromatic N) is 1. The first-order chi connectivity index (χ1) is 16.7. The number of amides is 1. The molecule has 0 aliphatic rings. The summed E-state index contributed by atoms with van der Waals surface area (Å²) in [5, 5.41) is 4.01. The highest BCUT2D eigenvalue weighted by molar-refractivity contribution is 5.83. The molecule has 0 spiro atoms. The molecule has 3 aromatic rings. The molecule has 34 heavy (non-hydrogen) atoms. The van der Waals surface area contributed by atoms with Gasteiger partial charge in [0, 0.05) is 0 Å². The molecule has 1 amide bonds. The second-order valence-electron chi connectivity index (χ2n) is 7.79. The van der Waals surface area contributed by atoms with E-state index in [1.165, 1.54) is 12.8 Å². The quantitative estimate of drug-likeness (QED) is 0.197. The van der Waals surface area contributed by atoms with E-state index in [2.05, 4.69) is 17.5 Å². The van der Waals surface area contributed by atoms with Crippen molar-refractivity contribution in [1.29, 1.82) is 0 Å². The fourth-order valence-electron chi connectivity index (χ4n) is 3.33. The van der Waals surface area contributed by atoms with Crippen LogP contribution in [0.25, 0.3) is 11.1 Å². The van der Waals surface area contributed by atoms with Gasteiger partial charge in [-0.3, -0.25) is 4.79 Å². The van der Waals surface area contributed by atoms with Crippen molar-refractivity contribution in [3.05, 3.63) is 78.4 Å². The van der Waals surface area contributed by atoms with Gasteiger partial charge in [0.2, 0.25) is 0 Å². The van der Waals surface area contributed by atoms with E-state index in [-0.39, 0.29) is 12.5 Å². The van der Waals surface area contributed by atoms with Crippen molar-refractivity contribution in [2.45, 2.75) is 32.6 Å². The first-order valence-electron chi connectivity index (χ1n) is 11.6. The van der Waals surface area contributed by atoms with Crippen LogP contribution in [0.3, 0.4) is 0 Å². The number of unbranched alkanes of at least 4 members (excludes halogenated alkanes) is 3. The van der Waals surface area contributed by atoms with Crippen LogP contribution in [-0.4, -0.2) is 32.4 Å². The van der Waals surface area contributed by atoms with E-state index in [4.69, 9.17) is 14.2 Å². The summed E-state index contributed by atoms with van der Waals surface area (Å²) >= 11 is 0. The van der Waals surface area contributed by atoms with E-state index in [0.717, 1.165) is 29.5 Å². The van der Waals surface area contributed by atoms with Gasteiger partial charge in [0.05, 0.1) is 19.9 Å². The fraction of sp³-hybridized carbons (Fsp3) is 0.286. The molecular formula is C28H32N2O4. The van der Waals surface area contributed by atoms with Gasteiger partial charge >= 0.3 is 0 Å². The van der Waals surface area contributed by atoms with Gasteiger partial charge < -0.3 is 14.2 Å². The molecule has 178 valence electrons. The smallest absolute Gasteiger partial charge is 0.277 e. The van der Waals surface area contributed by atoms with E-state index in [1.54, 1.807) is 13.3 Å². The monoisotopic (exact) mass is 460 g/mol. The normalized spacial score (nSPS) is 10.8. The van der Waals surface area contributed by atoms with Gasteiger partial charge in [-0.2, -0.15) is 5.10 Å². The number of carbonyl (C=O) groups is 1. The van der Waals surface area contributed by atoms with E-state index in [9.17, 15) is 4.79 Å². The van der Waals surface area contributed by atoms with Crippen molar-refractivity contribution in [3.63, 3.8) is 0 Å². The van der Waals surface area contributed by atoms with Crippen LogP contribution >= 0.6 is 0 Å². The lowest BCUT2D eigenvalue weighted by atomic mass is 10.1. The van der Waals surface area contributed by atoms with Gasteiger partial charge in [-0.1, -0.05) is 68.7 Å². The largest absolute Gasteiger partial charge is 0.493 e. The fourth-order valence-corrected chi connectivity index (χ4v) is 3.33. The number of rotatable bonds is 13. The molecule has 6 heteroatoms. The third-order valence-electron chi connectivity index (χ3n) is 5.18. The molecule has 0 atom stereocenters. The van der Waals surface area contributed by atoms with Gasteiger partial charge in [-0.25, -0.2) is 5.43 Å². The maximum Gasteiger partial charge on any atom is 0.277 e. The maximum atomic E-state index is 12.1. The lowest BCUT2D eigenvalue weighted by Gasteiger charge is -2.11. The average molecular weight is 461 g/mol. The van der Waals surface area contributed by atoms with Crippen LogP contribution in [-0.2, 0) is 4.79 Å². The Morgan fingerprint density at radius 2 is 1.65 bits per heavy atom. The van der Waals surface area contributed by atoms with Crippen LogP contribution in [0, 0.1) is 0 Å². The predicted octanol–water partition coefficient (Wildman–Crippen LogP) is 5.85. The minimum Gasteiger partial charge on any atom is -0.493 e. The van der Waals surface area contributed by atoms with Crippen LogP contribution in [0.5, 0.6) is 17.2 Å². The Balaban J connectivity index is 1.44. The Bertz CT molecular complexity index is 1050. The molecule has 0 aliphatic carbocycles. The Labute approximate surface area is 201 Å². The van der Waals surface area contributed by atoms with Crippen LogP contribution in [0.15, 0.2) is 77.9 Å². The zero-order valence-electron chi connectivity index (χ0n) is 19.8. The van der Waals surface area contributed by atoms with Crippen LogP contribution in [0.4, 0.5) is 0 Å². The summed E-state index contributed by atoms with van der Waals surface area (Å²) in [7, 11) is 1.60. The van der Waals surface area contributed by atoms with E-state index in [0.29, 0.717) is 23.9 Å². The predicted molar refractivity (Wildman–Crippen MR) is 136 cm³/mol. The van der Waals surface area contributed by atoms with E-state index < -0.39 is 0 Å². The van der Waals surface area contributed by atoms with Gasteiger partial charge in [-0.15, -0.1) is 0 Å². The Morgan fingerprint density at radius 1 is 0.882 bits per heavy atom. The number of hydrogen-bond donors (Lipinski definition) is 1. The first-order valence-corrected chi connectivity index (χ1v) is 11.6. The molecule has 6 nitrogen and oxygen atoms in total. The molecular weight excluding hydrogens is 428 g/mol. The number of nitrogens with one attached hydrogen (secondary N) is 1. The van der Waals surface area contributed by atoms with Crippen molar-refractivity contribution in [2.75, 3.05) is 20.3 Å². The van der Waals surface area contributed by atoms with Crippen molar-refractivity contribution < 1.29 is 19.0 Å². The molecule has 3 rings (SSSR count). The summed E-state index contributed by atoms with van der Waals surface area (Å²) in [6, 6.07) is 23.2. The number of hydrogen-bond acceptors (Lipinski definition) is 5. The second kappa shape index (κ2) is 13.7. The topological polar surface area (TPSA) is 69.2 Å². The molecule has 0 saturated heterocycles. The molecule has 0 aliphatic heterocycles. The van der Waals surface area contributed by atoms with Crippen molar-refractivity contribution in [2.24, 2.45) is 5.10 Å². The standard InChI is InChI=1S/C28H32N2O4/c1-3-4-5-9-18-33-26-17-12-22(19-27(26)32-2)20-29-30-28(31)21-34-25-15-13-24(14-16-25)23-10-7-6-8-11-23/h6-8,10-17,19-20H,3-5,9,18,21H2,1-2H3,(H,30,31)/b29-20+. The lowest BCUT2D eigenvalue weighted by Crippen LogP contribution is -2.24. The summed E-state index contributed by atoms with van der Waals surface area (Å²) in [6.07, 6.45) is 6.15. The van der Waals surface area contributed by atoms with E-state index in [1.807, 2.05) is 72.8 Å². The summed E-state index contributed by atoms with van der Waals surface area (Å²) in [5.41, 5.74) is 5.48. The molecule has 0 saturated carbocycles. The third kappa shape index (κ3) is 7.96. The number of carbonyl (C=O) groups excluding carboxylic acids is 1. The zero-order valence-corrected chi connectivity index (χ0v) is 19.8. The molecule has 0 fully saturated rings. The third-order valence-corrected chi connectivity index (χ3v) is 5.18. The second-order valence-corrected chi connectivity index (χ2v) is 7.79. The van der Waals surface area contributed by atoms with E-state index >= 15 is 0 Å². The molecule has 0 aromatic heterocycles. The highest BCUT2D eigenvalue weighted by Crippen LogP contribution is 2.28. The summed E-state index contributed by atoms with van der Waals surface area (Å²) < 4.78 is 16.8. The zero-order chi connectivity index (χ0) is 24.0. The van der Waals surface area contributed by atoms with Gasteiger partial charge in [-0.05, 0) is 53.4 Å². The SMILES string of the molecule is CCCCCCOc1ccc(/C=N/NC(=O)COc2ccc(-c3ccccc3)cc2)cc1OC. The molecule has 0 unspecified atom stereocenters. The van der Waals surface area contributed by atoms with Crippen molar-refractivity contribution in [1.82, 2.24) is 5.43 Å². The van der Waals surface area contributed by atoms with Crippen molar-refractivity contribution >= 4 is 12.1 Å². The minimum absolute atomic E-state index is 0.129. The number of methoxy groups -OCH3 is 1. The van der Waals surface area contributed by atoms with Gasteiger partial charge in [0.25, 0.3) is 5.91 Å². The summed E-state index contributed by atoms with van der Waals surface area (Å²) in [6.45, 7) is 2.72. The average Bonchev–Trinajstić information content (AvgIpc) is 2.88. The molecule has 3 aromatic carbocycles. The Kier molecular flexibility index (Phi) is 9.99.